The number of nitrogens with zero attached hydrogens (tertiary/aromatic N) is 3. The van der Waals surface area contributed by atoms with Crippen molar-refractivity contribution in [1.29, 1.82) is 0 Å². The number of methoxy groups -OCH3 is 1. The van der Waals surface area contributed by atoms with E-state index in [1.807, 2.05) is 68.6 Å². The van der Waals surface area contributed by atoms with Gasteiger partial charge in [0.2, 0.25) is 5.82 Å². The fraction of sp³-hybridized carbons (Fsp3) is 0.320. The largest absolute Gasteiger partial charge is 0.385 e. The lowest BCUT2D eigenvalue weighted by Gasteiger charge is -2.35. The summed E-state index contributed by atoms with van der Waals surface area (Å²) in [4.78, 5) is 20.6. The van der Waals surface area contributed by atoms with E-state index in [4.69, 9.17) is 14.2 Å². The molecule has 2 heterocycles. The molecule has 3 aromatic rings. The first-order chi connectivity index (χ1) is 16.0. The SMILES string of the molecule is COCCCN1C(=O)NC(c2ccc(C)cc2)C(c2nc(-c3ccc(SC)cc3)no2)=C1C. The summed E-state index contributed by atoms with van der Waals surface area (Å²) in [7, 11) is 1.66. The molecule has 1 aliphatic heterocycles. The number of hydrogen-bond donors (Lipinski definition) is 1. The Morgan fingerprint density at radius 1 is 1.12 bits per heavy atom. The number of nitrogens with one attached hydrogen (secondary N) is 1. The molecule has 0 spiro atoms. The molecule has 1 unspecified atom stereocenters. The minimum absolute atomic E-state index is 0.148. The lowest BCUT2D eigenvalue weighted by atomic mass is 9.94. The molecule has 0 fully saturated rings. The van der Waals surface area contributed by atoms with Crippen LogP contribution in [0.15, 0.2) is 63.6 Å². The van der Waals surface area contributed by atoms with Crippen LogP contribution in [0.4, 0.5) is 4.79 Å². The number of urea groups is 1. The Kier molecular flexibility index (Phi) is 7.15. The third kappa shape index (κ3) is 4.96. The maximum atomic E-state index is 13.0. The molecule has 0 aliphatic carbocycles. The molecule has 7 nitrogen and oxygen atoms in total. The fourth-order valence-electron chi connectivity index (χ4n) is 3.89. The number of allylic oxidation sites excluding steroid dienone is 1. The van der Waals surface area contributed by atoms with Crippen molar-refractivity contribution < 1.29 is 14.1 Å². The van der Waals surface area contributed by atoms with E-state index in [9.17, 15) is 4.79 Å². The Bertz CT molecular complexity index is 1140. The number of benzene rings is 2. The first-order valence-corrected chi connectivity index (χ1v) is 12.1. The van der Waals surface area contributed by atoms with E-state index in [2.05, 4.69) is 10.5 Å². The van der Waals surface area contributed by atoms with Gasteiger partial charge in [0.15, 0.2) is 0 Å². The Labute approximate surface area is 198 Å². The summed E-state index contributed by atoms with van der Waals surface area (Å²) >= 11 is 1.68. The zero-order valence-electron chi connectivity index (χ0n) is 19.3. The predicted octanol–water partition coefficient (Wildman–Crippen LogP) is 5.30. The summed E-state index contributed by atoms with van der Waals surface area (Å²) in [5, 5.41) is 7.36. The van der Waals surface area contributed by atoms with Crippen molar-refractivity contribution in [3.05, 3.63) is 71.2 Å². The summed E-state index contributed by atoms with van der Waals surface area (Å²) in [6.07, 6.45) is 2.76. The summed E-state index contributed by atoms with van der Waals surface area (Å²) in [6.45, 7) is 5.08. The van der Waals surface area contributed by atoms with Gasteiger partial charge in [0.1, 0.15) is 0 Å². The van der Waals surface area contributed by atoms with Crippen molar-refractivity contribution in [1.82, 2.24) is 20.4 Å². The average Bonchev–Trinajstić information content (AvgIpc) is 3.31. The molecule has 0 saturated heterocycles. The molecule has 0 saturated carbocycles. The van der Waals surface area contributed by atoms with Crippen LogP contribution in [0.25, 0.3) is 17.0 Å². The summed E-state index contributed by atoms with van der Waals surface area (Å²) in [5.41, 5.74) is 4.59. The molecule has 8 heteroatoms. The monoisotopic (exact) mass is 464 g/mol. The van der Waals surface area contributed by atoms with Crippen LogP contribution in [0.5, 0.6) is 0 Å². The molecular weight excluding hydrogens is 436 g/mol. The van der Waals surface area contributed by atoms with Crippen LogP contribution in [0.1, 0.15) is 36.4 Å². The second kappa shape index (κ2) is 10.2. The molecule has 1 N–H and O–H groups in total. The van der Waals surface area contributed by atoms with Crippen molar-refractivity contribution in [2.45, 2.75) is 31.2 Å². The van der Waals surface area contributed by atoms with Gasteiger partial charge in [0.25, 0.3) is 5.89 Å². The van der Waals surface area contributed by atoms with Gasteiger partial charge in [0.05, 0.1) is 11.6 Å². The molecule has 2 aromatic carbocycles. The molecule has 0 bridgehead atoms. The van der Waals surface area contributed by atoms with Crippen LogP contribution < -0.4 is 5.32 Å². The van der Waals surface area contributed by atoms with Crippen LogP contribution in [-0.4, -0.2) is 47.6 Å². The highest BCUT2D eigenvalue weighted by molar-refractivity contribution is 7.98. The first kappa shape index (κ1) is 23.1. The lowest BCUT2D eigenvalue weighted by molar-refractivity contribution is 0.174. The number of ether oxygens (including phenoxy) is 1. The number of amides is 2. The molecule has 1 aromatic heterocycles. The molecule has 1 aliphatic rings. The smallest absolute Gasteiger partial charge is 0.322 e. The molecular formula is C25H28N4O3S. The van der Waals surface area contributed by atoms with E-state index in [0.717, 1.165) is 34.4 Å². The number of hydrogen-bond acceptors (Lipinski definition) is 6. The first-order valence-electron chi connectivity index (χ1n) is 10.8. The predicted molar refractivity (Wildman–Crippen MR) is 130 cm³/mol. The second-order valence-electron chi connectivity index (χ2n) is 7.94. The van der Waals surface area contributed by atoms with Crippen molar-refractivity contribution in [3.63, 3.8) is 0 Å². The highest BCUT2D eigenvalue weighted by Gasteiger charge is 2.35. The quantitative estimate of drug-likeness (QED) is 0.360. The summed E-state index contributed by atoms with van der Waals surface area (Å²) < 4.78 is 10.9. The molecule has 33 heavy (non-hydrogen) atoms. The Morgan fingerprint density at radius 2 is 1.85 bits per heavy atom. The molecule has 4 rings (SSSR count). The number of rotatable bonds is 8. The normalized spacial score (nSPS) is 16.3. The summed E-state index contributed by atoms with van der Waals surface area (Å²) in [5.74, 6) is 0.919. The number of carbonyl (C=O) groups excluding carboxylic acids is 1. The standard InChI is InChI=1S/C25H28N4O3S/c1-16-6-8-18(9-7-16)22-21(17(2)29(25(30)26-22)14-5-15-31-3)24-27-23(28-32-24)19-10-12-20(33-4)13-11-19/h6-13,22H,5,14-15H2,1-4H3,(H,26,30). The molecule has 2 amide bonds. The average molecular weight is 465 g/mol. The summed E-state index contributed by atoms with van der Waals surface area (Å²) in [6, 6.07) is 15.6. The van der Waals surface area contributed by atoms with E-state index >= 15 is 0 Å². The third-order valence-electron chi connectivity index (χ3n) is 5.74. The van der Waals surface area contributed by atoms with Gasteiger partial charge in [-0.3, -0.25) is 4.90 Å². The molecule has 172 valence electrons. The number of aromatic nitrogens is 2. The Balaban J connectivity index is 1.74. The van der Waals surface area contributed by atoms with Crippen molar-refractivity contribution >= 4 is 23.4 Å². The molecule has 1 atom stereocenters. The maximum absolute atomic E-state index is 13.0. The Morgan fingerprint density at radius 3 is 2.52 bits per heavy atom. The van der Waals surface area contributed by atoms with Gasteiger partial charge in [-0.2, -0.15) is 4.98 Å². The zero-order chi connectivity index (χ0) is 23.4. The van der Waals surface area contributed by atoms with Crippen LogP contribution in [0.2, 0.25) is 0 Å². The van der Waals surface area contributed by atoms with Crippen molar-refractivity contribution in [2.24, 2.45) is 0 Å². The van der Waals surface area contributed by atoms with E-state index in [1.54, 1.807) is 23.8 Å². The van der Waals surface area contributed by atoms with E-state index < -0.39 is 0 Å². The maximum Gasteiger partial charge on any atom is 0.322 e. The van der Waals surface area contributed by atoms with Crippen LogP contribution in [-0.2, 0) is 4.74 Å². The van der Waals surface area contributed by atoms with Crippen molar-refractivity contribution in [2.75, 3.05) is 26.5 Å². The van der Waals surface area contributed by atoms with E-state index in [1.165, 1.54) is 4.90 Å². The Hall–Kier alpha value is -3.10. The minimum Gasteiger partial charge on any atom is -0.385 e. The van der Waals surface area contributed by atoms with Crippen LogP contribution in [0.3, 0.4) is 0 Å². The van der Waals surface area contributed by atoms with Crippen molar-refractivity contribution in [3.8, 4) is 11.4 Å². The number of carbonyl (C=O) groups is 1. The van der Waals surface area contributed by atoms with Gasteiger partial charge < -0.3 is 14.6 Å². The van der Waals surface area contributed by atoms with Gasteiger partial charge in [-0.1, -0.05) is 35.0 Å². The number of aryl methyl sites for hydroxylation is 1. The van der Waals surface area contributed by atoms with Gasteiger partial charge in [0, 0.05) is 36.4 Å². The molecule has 0 radical (unpaired) electrons. The fourth-order valence-corrected chi connectivity index (χ4v) is 4.30. The van der Waals surface area contributed by atoms with Crippen LogP contribution in [0, 0.1) is 6.92 Å². The minimum atomic E-state index is -0.385. The number of thioether (sulfide) groups is 1. The second-order valence-corrected chi connectivity index (χ2v) is 8.82. The highest BCUT2D eigenvalue weighted by Crippen LogP contribution is 2.37. The van der Waals surface area contributed by atoms with E-state index in [-0.39, 0.29) is 12.1 Å². The van der Waals surface area contributed by atoms with Crippen LogP contribution >= 0.6 is 11.8 Å². The van der Waals surface area contributed by atoms with E-state index in [0.29, 0.717) is 24.9 Å². The highest BCUT2D eigenvalue weighted by atomic mass is 32.2. The van der Waals surface area contributed by atoms with Gasteiger partial charge >= 0.3 is 6.03 Å². The van der Waals surface area contributed by atoms with Gasteiger partial charge in [-0.25, -0.2) is 4.79 Å². The third-order valence-corrected chi connectivity index (χ3v) is 6.49. The zero-order valence-corrected chi connectivity index (χ0v) is 20.1. The topological polar surface area (TPSA) is 80.5 Å². The van der Waals surface area contributed by atoms with Gasteiger partial charge in [-0.15, -0.1) is 11.8 Å². The van der Waals surface area contributed by atoms with Gasteiger partial charge in [-0.05, 0) is 56.4 Å². The lowest BCUT2D eigenvalue weighted by Crippen LogP contribution is -2.46.